The fourth-order valence-corrected chi connectivity index (χ4v) is 2.78. The Morgan fingerprint density at radius 3 is 2.95 bits per heavy atom. The topological polar surface area (TPSA) is 37.8 Å². The zero-order valence-electron chi connectivity index (χ0n) is 10.4. The van der Waals surface area contributed by atoms with Crippen molar-refractivity contribution < 1.29 is 4.39 Å². The van der Waals surface area contributed by atoms with Crippen molar-refractivity contribution in [3.8, 4) is 0 Å². The summed E-state index contributed by atoms with van der Waals surface area (Å²) in [6.07, 6.45) is 1.53. The summed E-state index contributed by atoms with van der Waals surface area (Å²) in [6, 6.07) is 8.78. The number of anilines is 1. The highest BCUT2D eigenvalue weighted by atomic mass is 32.1. The first-order chi connectivity index (χ1) is 9.24. The molecule has 0 spiro atoms. The molecule has 0 amide bonds. The van der Waals surface area contributed by atoms with Crippen LogP contribution in [0.5, 0.6) is 0 Å². The summed E-state index contributed by atoms with van der Waals surface area (Å²) < 4.78 is 13.5. The summed E-state index contributed by atoms with van der Waals surface area (Å²) in [5, 5.41) is 4.16. The predicted molar refractivity (Wildman–Crippen MR) is 75.9 cm³/mol. The van der Waals surface area contributed by atoms with Gasteiger partial charge < -0.3 is 5.32 Å². The number of thiophene rings is 1. The molecule has 3 aromatic rings. The number of nitrogens with zero attached hydrogens (tertiary/aromatic N) is 2. The molecule has 5 heteroatoms. The maximum Gasteiger partial charge on any atom is 0.138 e. The number of aromatic nitrogens is 2. The van der Waals surface area contributed by atoms with Crippen molar-refractivity contribution in [2.45, 2.75) is 13.5 Å². The van der Waals surface area contributed by atoms with Gasteiger partial charge in [0.15, 0.2) is 0 Å². The van der Waals surface area contributed by atoms with Crippen molar-refractivity contribution >= 4 is 27.4 Å². The highest BCUT2D eigenvalue weighted by Crippen LogP contribution is 2.27. The lowest BCUT2D eigenvalue weighted by atomic mass is 10.2. The van der Waals surface area contributed by atoms with Crippen LogP contribution in [0.1, 0.15) is 10.4 Å². The molecule has 0 saturated carbocycles. The first kappa shape index (κ1) is 12.0. The summed E-state index contributed by atoms with van der Waals surface area (Å²) >= 11 is 1.63. The van der Waals surface area contributed by atoms with Gasteiger partial charge in [0.2, 0.25) is 0 Å². The fraction of sp³-hybridized carbons (Fsp3) is 0.143. The number of hydrogen-bond donors (Lipinski definition) is 1. The molecule has 96 valence electrons. The average Bonchev–Trinajstić information content (AvgIpc) is 2.78. The van der Waals surface area contributed by atoms with Crippen molar-refractivity contribution in [1.82, 2.24) is 9.97 Å². The minimum atomic E-state index is -0.207. The first-order valence-corrected chi connectivity index (χ1v) is 6.74. The molecule has 2 aromatic heterocycles. The van der Waals surface area contributed by atoms with Gasteiger partial charge in [-0.05, 0) is 19.1 Å². The highest BCUT2D eigenvalue weighted by molar-refractivity contribution is 7.18. The van der Waals surface area contributed by atoms with E-state index >= 15 is 0 Å². The second kappa shape index (κ2) is 4.93. The number of halogens is 1. The molecule has 0 bridgehead atoms. The third-order valence-electron chi connectivity index (χ3n) is 2.86. The second-order valence-corrected chi connectivity index (χ2v) is 5.48. The SMILES string of the molecule is Cc1cc2c(NCc3ccccc3F)ncnc2s1. The van der Waals surface area contributed by atoms with E-state index in [1.165, 1.54) is 17.3 Å². The minimum Gasteiger partial charge on any atom is -0.365 e. The van der Waals surface area contributed by atoms with Gasteiger partial charge in [-0.2, -0.15) is 0 Å². The van der Waals surface area contributed by atoms with Gasteiger partial charge in [0, 0.05) is 17.0 Å². The van der Waals surface area contributed by atoms with Crippen LogP contribution in [0.25, 0.3) is 10.2 Å². The standard InChI is InChI=1S/C14H12FN3S/c1-9-6-11-13(17-8-18-14(11)19-9)16-7-10-4-2-3-5-12(10)15/h2-6,8H,7H2,1H3,(H,16,17,18). The van der Waals surface area contributed by atoms with Crippen molar-refractivity contribution in [2.75, 3.05) is 5.32 Å². The van der Waals surface area contributed by atoms with Gasteiger partial charge in [-0.3, -0.25) is 0 Å². The van der Waals surface area contributed by atoms with Crippen LogP contribution in [-0.2, 0) is 6.54 Å². The van der Waals surface area contributed by atoms with Crippen LogP contribution >= 0.6 is 11.3 Å². The van der Waals surface area contributed by atoms with Crippen molar-refractivity contribution in [1.29, 1.82) is 0 Å². The molecule has 3 nitrogen and oxygen atoms in total. The van der Waals surface area contributed by atoms with Crippen LogP contribution in [-0.4, -0.2) is 9.97 Å². The summed E-state index contributed by atoms with van der Waals surface area (Å²) in [4.78, 5) is 10.6. The van der Waals surface area contributed by atoms with E-state index in [9.17, 15) is 4.39 Å². The zero-order valence-corrected chi connectivity index (χ0v) is 11.2. The Morgan fingerprint density at radius 1 is 1.26 bits per heavy atom. The minimum absolute atomic E-state index is 0.207. The Labute approximate surface area is 114 Å². The third-order valence-corrected chi connectivity index (χ3v) is 3.82. The van der Waals surface area contributed by atoms with Crippen LogP contribution < -0.4 is 5.32 Å². The molecule has 1 N–H and O–H groups in total. The molecule has 0 aliphatic heterocycles. The smallest absolute Gasteiger partial charge is 0.138 e. The number of benzene rings is 1. The van der Waals surface area contributed by atoms with Crippen LogP contribution in [0.2, 0.25) is 0 Å². The molecule has 0 aliphatic carbocycles. The van der Waals surface area contributed by atoms with E-state index in [0.717, 1.165) is 16.0 Å². The molecule has 0 fully saturated rings. The molecule has 0 aliphatic rings. The number of rotatable bonds is 3. The lowest BCUT2D eigenvalue weighted by molar-refractivity contribution is 0.613. The van der Waals surface area contributed by atoms with Gasteiger partial charge in [-0.15, -0.1) is 11.3 Å². The normalized spacial score (nSPS) is 10.8. The molecule has 0 atom stereocenters. The van der Waals surface area contributed by atoms with Gasteiger partial charge >= 0.3 is 0 Å². The lowest BCUT2D eigenvalue weighted by Gasteiger charge is -2.07. The Kier molecular flexibility index (Phi) is 3.13. The molecule has 19 heavy (non-hydrogen) atoms. The molecule has 0 unspecified atom stereocenters. The maximum absolute atomic E-state index is 13.5. The molecule has 1 aromatic carbocycles. The second-order valence-electron chi connectivity index (χ2n) is 4.24. The van der Waals surface area contributed by atoms with Gasteiger partial charge in [-0.1, -0.05) is 18.2 Å². The van der Waals surface area contributed by atoms with Crippen molar-refractivity contribution in [2.24, 2.45) is 0 Å². The van der Waals surface area contributed by atoms with Gasteiger partial charge in [0.25, 0.3) is 0 Å². The first-order valence-electron chi connectivity index (χ1n) is 5.92. The molecule has 0 radical (unpaired) electrons. The Balaban J connectivity index is 1.88. The van der Waals surface area contributed by atoms with E-state index in [2.05, 4.69) is 15.3 Å². The quantitative estimate of drug-likeness (QED) is 0.789. The van der Waals surface area contributed by atoms with E-state index in [1.807, 2.05) is 19.1 Å². The Hall–Kier alpha value is -2.01. The van der Waals surface area contributed by atoms with Crippen LogP contribution in [0.15, 0.2) is 36.7 Å². The van der Waals surface area contributed by atoms with Crippen molar-refractivity contribution in [3.05, 3.63) is 52.9 Å². The van der Waals surface area contributed by atoms with E-state index in [-0.39, 0.29) is 5.82 Å². The van der Waals surface area contributed by atoms with Gasteiger partial charge in [0.05, 0.1) is 5.39 Å². The summed E-state index contributed by atoms with van der Waals surface area (Å²) in [6.45, 7) is 2.45. The van der Waals surface area contributed by atoms with Crippen LogP contribution in [0, 0.1) is 12.7 Å². The molecule has 2 heterocycles. The number of aryl methyl sites for hydroxylation is 1. The molecule has 3 rings (SSSR count). The predicted octanol–water partition coefficient (Wildman–Crippen LogP) is 3.75. The van der Waals surface area contributed by atoms with Crippen LogP contribution in [0.3, 0.4) is 0 Å². The third kappa shape index (κ3) is 2.42. The van der Waals surface area contributed by atoms with E-state index in [0.29, 0.717) is 12.1 Å². The fourth-order valence-electron chi connectivity index (χ4n) is 1.94. The number of hydrogen-bond acceptors (Lipinski definition) is 4. The summed E-state index contributed by atoms with van der Waals surface area (Å²) in [7, 11) is 0. The molecule has 0 saturated heterocycles. The number of fused-ring (bicyclic) bond motifs is 1. The zero-order chi connectivity index (χ0) is 13.2. The maximum atomic E-state index is 13.5. The molecular weight excluding hydrogens is 261 g/mol. The summed E-state index contributed by atoms with van der Waals surface area (Å²) in [5.41, 5.74) is 0.626. The van der Waals surface area contributed by atoms with Gasteiger partial charge in [0.1, 0.15) is 22.8 Å². The average molecular weight is 273 g/mol. The van der Waals surface area contributed by atoms with Crippen molar-refractivity contribution in [3.63, 3.8) is 0 Å². The molecular formula is C14H12FN3S. The largest absolute Gasteiger partial charge is 0.365 e. The monoisotopic (exact) mass is 273 g/mol. The van der Waals surface area contributed by atoms with E-state index < -0.39 is 0 Å². The van der Waals surface area contributed by atoms with Crippen LogP contribution in [0.4, 0.5) is 10.2 Å². The number of nitrogens with one attached hydrogen (secondary N) is 1. The summed E-state index contributed by atoms with van der Waals surface area (Å²) in [5.74, 6) is 0.541. The lowest BCUT2D eigenvalue weighted by Crippen LogP contribution is -2.03. The Morgan fingerprint density at radius 2 is 2.11 bits per heavy atom. The van der Waals surface area contributed by atoms with E-state index in [4.69, 9.17) is 0 Å². The van der Waals surface area contributed by atoms with Gasteiger partial charge in [-0.25, -0.2) is 14.4 Å². The Bertz CT molecular complexity index is 724. The highest BCUT2D eigenvalue weighted by Gasteiger charge is 2.07. The van der Waals surface area contributed by atoms with E-state index in [1.54, 1.807) is 23.5 Å².